The molecule has 0 spiro atoms. The molecular weight excluding hydrogens is 453 g/mol. The van der Waals surface area contributed by atoms with Gasteiger partial charge in [0.1, 0.15) is 23.8 Å². The van der Waals surface area contributed by atoms with E-state index in [0.717, 1.165) is 18.8 Å². The average Bonchev–Trinajstić information content (AvgIpc) is 3.21. The molecule has 1 aliphatic heterocycles. The number of benzene rings is 2. The van der Waals surface area contributed by atoms with E-state index < -0.39 is 34.3 Å². The van der Waals surface area contributed by atoms with Gasteiger partial charge in [-0.2, -0.15) is 29.0 Å². The number of ether oxygens (including phenoxy) is 1. The molecule has 8 heteroatoms. The summed E-state index contributed by atoms with van der Waals surface area (Å²) < 4.78 is 49.6. The molecular formula is C27H21F3N4O. The minimum atomic E-state index is -5.01. The van der Waals surface area contributed by atoms with Crippen molar-refractivity contribution in [1.82, 2.24) is 0 Å². The van der Waals surface area contributed by atoms with Crippen molar-refractivity contribution in [3.63, 3.8) is 0 Å². The number of alkyl halides is 3. The summed E-state index contributed by atoms with van der Waals surface area (Å²) in [5.41, 5.74) is -3.48. The van der Waals surface area contributed by atoms with Crippen LogP contribution < -0.4 is 4.90 Å². The van der Waals surface area contributed by atoms with Crippen molar-refractivity contribution in [2.24, 2.45) is 0 Å². The molecule has 5 nitrogen and oxygen atoms in total. The Bertz CT molecular complexity index is 1280. The Morgan fingerprint density at radius 2 is 1.54 bits per heavy atom. The highest BCUT2D eigenvalue weighted by Gasteiger charge is 2.65. The molecule has 0 aliphatic carbocycles. The summed E-state index contributed by atoms with van der Waals surface area (Å²) in [6, 6.07) is 18.9. The molecule has 1 atom stereocenters. The van der Waals surface area contributed by atoms with Gasteiger partial charge in [-0.3, -0.25) is 0 Å². The molecule has 1 heterocycles. The van der Waals surface area contributed by atoms with Gasteiger partial charge in [-0.15, -0.1) is 0 Å². The summed E-state index contributed by atoms with van der Waals surface area (Å²) in [5.74, 6) is -0.685. The Balaban J connectivity index is 2.24. The maximum atomic E-state index is 14.8. The summed E-state index contributed by atoms with van der Waals surface area (Å²) in [7, 11) is 0. The van der Waals surface area contributed by atoms with Crippen molar-refractivity contribution < 1.29 is 17.9 Å². The van der Waals surface area contributed by atoms with Gasteiger partial charge in [0.25, 0.3) is 5.60 Å². The molecule has 1 aliphatic rings. The first-order valence-corrected chi connectivity index (χ1v) is 10.8. The number of anilines is 1. The van der Waals surface area contributed by atoms with Crippen LogP contribution in [0.5, 0.6) is 0 Å². The lowest BCUT2D eigenvalue weighted by atomic mass is 9.83. The van der Waals surface area contributed by atoms with Crippen LogP contribution in [0.25, 0.3) is 6.08 Å². The van der Waals surface area contributed by atoms with Gasteiger partial charge in [-0.1, -0.05) is 54.6 Å². The lowest BCUT2D eigenvalue weighted by Crippen LogP contribution is -2.43. The van der Waals surface area contributed by atoms with Crippen molar-refractivity contribution in [3.05, 3.63) is 94.3 Å². The molecule has 0 saturated heterocycles. The van der Waals surface area contributed by atoms with Crippen LogP contribution in [-0.4, -0.2) is 19.3 Å². The number of rotatable bonds is 6. The van der Waals surface area contributed by atoms with E-state index in [1.807, 2.05) is 26.0 Å². The molecule has 176 valence electrons. The zero-order chi connectivity index (χ0) is 25.6. The fourth-order valence-corrected chi connectivity index (χ4v) is 4.00. The molecule has 0 fully saturated rings. The van der Waals surface area contributed by atoms with E-state index in [9.17, 15) is 29.0 Å². The monoisotopic (exact) mass is 474 g/mol. The zero-order valence-corrected chi connectivity index (χ0v) is 19.1. The summed E-state index contributed by atoms with van der Waals surface area (Å²) in [6.07, 6.45) is -2.39. The minimum Gasteiger partial charge on any atom is -0.465 e. The topological polar surface area (TPSA) is 83.8 Å². The third-order valence-electron chi connectivity index (χ3n) is 5.74. The predicted octanol–water partition coefficient (Wildman–Crippen LogP) is 6.16. The van der Waals surface area contributed by atoms with E-state index >= 15 is 0 Å². The standard InChI is InChI=1S/C27H21F3N4O/c1-3-34(4-2)22-13-10-19(11-14-22)12-15-24-23(18-33)25(20(16-31)17-32)35-26(24,27(28,29)30)21-8-6-5-7-9-21/h5-15H,3-4H2,1-2H3. The largest absolute Gasteiger partial charge is 0.465 e. The Morgan fingerprint density at radius 3 is 2.03 bits per heavy atom. The van der Waals surface area contributed by atoms with Crippen molar-refractivity contribution in [2.75, 3.05) is 18.0 Å². The van der Waals surface area contributed by atoms with Gasteiger partial charge >= 0.3 is 6.18 Å². The first kappa shape index (κ1) is 25.1. The Labute approximate surface area is 201 Å². The Hall–Kier alpha value is -4.48. The summed E-state index contributed by atoms with van der Waals surface area (Å²) in [4.78, 5) is 2.13. The maximum Gasteiger partial charge on any atom is 0.437 e. The second-order valence-corrected chi connectivity index (χ2v) is 7.57. The van der Waals surface area contributed by atoms with Gasteiger partial charge in [-0.05, 0) is 31.5 Å². The van der Waals surface area contributed by atoms with Crippen molar-refractivity contribution in [3.8, 4) is 18.2 Å². The molecule has 0 radical (unpaired) electrons. The first-order chi connectivity index (χ1) is 16.8. The second kappa shape index (κ2) is 10.2. The third-order valence-corrected chi connectivity index (χ3v) is 5.74. The molecule has 2 aromatic rings. The summed E-state index contributed by atoms with van der Waals surface area (Å²) in [5, 5.41) is 28.4. The molecule has 0 saturated carbocycles. The van der Waals surface area contributed by atoms with Crippen LogP contribution in [0.4, 0.5) is 18.9 Å². The van der Waals surface area contributed by atoms with Gasteiger partial charge in [0, 0.05) is 29.9 Å². The summed E-state index contributed by atoms with van der Waals surface area (Å²) in [6.45, 7) is 5.66. The number of hydrogen-bond donors (Lipinski definition) is 0. The first-order valence-electron chi connectivity index (χ1n) is 10.8. The van der Waals surface area contributed by atoms with E-state index in [0.29, 0.717) is 5.56 Å². The number of nitriles is 3. The molecule has 2 aromatic carbocycles. The normalized spacial score (nSPS) is 17.5. The molecule has 0 N–H and O–H groups in total. The fourth-order valence-electron chi connectivity index (χ4n) is 4.00. The van der Waals surface area contributed by atoms with Crippen LogP contribution in [0.1, 0.15) is 25.0 Å². The molecule has 0 amide bonds. The Kier molecular flexibility index (Phi) is 7.33. The van der Waals surface area contributed by atoms with Crippen LogP contribution >= 0.6 is 0 Å². The Morgan fingerprint density at radius 1 is 0.943 bits per heavy atom. The highest BCUT2D eigenvalue weighted by atomic mass is 19.4. The molecule has 3 rings (SSSR count). The SMILES string of the molecule is CCN(CC)c1ccc(C=CC2=C(C#N)C(=C(C#N)C#N)OC2(c2ccccc2)C(F)(F)F)cc1. The lowest BCUT2D eigenvalue weighted by molar-refractivity contribution is -0.249. The molecule has 0 aromatic heterocycles. The van der Waals surface area contributed by atoms with E-state index in [1.54, 1.807) is 24.3 Å². The van der Waals surface area contributed by atoms with Crippen LogP contribution in [0.15, 0.2) is 83.2 Å². The lowest BCUT2D eigenvalue weighted by Gasteiger charge is -2.33. The number of nitrogens with zero attached hydrogens (tertiary/aromatic N) is 4. The molecule has 1 unspecified atom stereocenters. The third kappa shape index (κ3) is 4.50. The predicted molar refractivity (Wildman–Crippen MR) is 125 cm³/mol. The van der Waals surface area contributed by atoms with E-state index in [-0.39, 0.29) is 5.56 Å². The quantitative estimate of drug-likeness (QED) is 0.469. The minimum absolute atomic E-state index is 0.276. The van der Waals surface area contributed by atoms with E-state index in [4.69, 9.17) is 4.74 Å². The number of halogens is 3. The fraction of sp³-hybridized carbons (Fsp3) is 0.222. The van der Waals surface area contributed by atoms with E-state index in [2.05, 4.69) is 4.90 Å². The van der Waals surface area contributed by atoms with Gasteiger partial charge in [0.15, 0.2) is 11.3 Å². The summed E-state index contributed by atoms with van der Waals surface area (Å²) >= 11 is 0. The van der Waals surface area contributed by atoms with Gasteiger partial charge in [0.05, 0.1) is 0 Å². The number of allylic oxidation sites excluding steroid dienone is 2. The maximum absolute atomic E-state index is 14.8. The molecule has 35 heavy (non-hydrogen) atoms. The van der Waals surface area contributed by atoms with Crippen molar-refractivity contribution >= 4 is 11.8 Å². The smallest absolute Gasteiger partial charge is 0.437 e. The van der Waals surface area contributed by atoms with Crippen molar-refractivity contribution in [1.29, 1.82) is 15.8 Å². The van der Waals surface area contributed by atoms with Gasteiger partial charge in [-0.25, -0.2) is 0 Å². The average molecular weight is 474 g/mol. The highest BCUT2D eigenvalue weighted by Crippen LogP contribution is 2.55. The van der Waals surface area contributed by atoms with Crippen LogP contribution in [-0.2, 0) is 10.3 Å². The van der Waals surface area contributed by atoms with E-state index in [1.165, 1.54) is 48.6 Å². The zero-order valence-electron chi connectivity index (χ0n) is 19.1. The van der Waals surface area contributed by atoms with Gasteiger partial charge in [0.2, 0.25) is 0 Å². The number of hydrogen-bond acceptors (Lipinski definition) is 5. The van der Waals surface area contributed by atoms with Crippen LogP contribution in [0.3, 0.4) is 0 Å². The van der Waals surface area contributed by atoms with Crippen molar-refractivity contribution in [2.45, 2.75) is 25.6 Å². The van der Waals surface area contributed by atoms with Crippen LogP contribution in [0, 0.1) is 34.0 Å². The van der Waals surface area contributed by atoms with Crippen LogP contribution in [0.2, 0.25) is 0 Å². The molecule has 0 bridgehead atoms. The second-order valence-electron chi connectivity index (χ2n) is 7.57. The van der Waals surface area contributed by atoms with Gasteiger partial charge < -0.3 is 9.64 Å². The highest BCUT2D eigenvalue weighted by molar-refractivity contribution is 5.67.